The molecule has 1 atom stereocenters. The van der Waals surface area contributed by atoms with Crippen molar-refractivity contribution in [3.8, 4) is 0 Å². The highest BCUT2D eigenvalue weighted by atomic mass is 16.6. The zero-order chi connectivity index (χ0) is 19.3. The SMILES string of the molecule is O=C(/C=C/c1ccco1)N1CCC(N2C(=O)OC[C@@H]2Cc2ccccc2)CC1. The Morgan fingerprint density at radius 2 is 1.89 bits per heavy atom. The molecule has 2 fully saturated rings. The maximum Gasteiger partial charge on any atom is 0.410 e. The molecule has 0 aliphatic carbocycles. The van der Waals surface area contributed by atoms with Crippen LogP contribution in [0.25, 0.3) is 6.08 Å². The number of cyclic esters (lactones) is 1. The fourth-order valence-corrected chi connectivity index (χ4v) is 3.97. The number of carbonyl (C=O) groups excluding carboxylic acids is 2. The molecule has 2 aliphatic heterocycles. The molecule has 0 unspecified atom stereocenters. The Bertz CT molecular complexity index is 823. The van der Waals surface area contributed by atoms with Gasteiger partial charge in [0, 0.05) is 25.2 Å². The van der Waals surface area contributed by atoms with Gasteiger partial charge in [-0.1, -0.05) is 30.3 Å². The second-order valence-electron chi connectivity index (χ2n) is 7.23. The number of rotatable bonds is 5. The molecule has 0 radical (unpaired) electrons. The van der Waals surface area contributed by atoms with E-state index in [1.54, 1.807) is 24.5 Å². The number of carbonyl (C=O) groups is 2. The highest BCUT2D eigenvalue weighted by Gasteiger charge is 2.39. The summed E-state index contributed by atoms with van der Waals surface area (Å²) in [6, 6.07) is 13.9. The van der Waals surface area contributed by atoms with Crippen LogP contribution in [0.1, 0.15) is 24.2 Å². The molecule has 6 nitrogen and oxygen atoms in total. The van der Waals surface area contributed by atoms with Gasteiger partial charge in [0.05, 0.1) is 12.3 Å². The molecule has 2 amide bonds. The number of furan rings is 1. The first kappa shape index (κ1) is 18.3. The molecule has 146 valence electrons. The summed E-state index contributed by atoms with van der Waals surface area (Å²) in [5, 5.41) is 0. The summed E-state index contributed by atoms with van der Waals surface area (Å²) in [5.74, 6) is 0.631. The Kier molecular flexibility index (Phi) is 5.46. The molecule has 0 saturated carbocycles. The molecule has 0 spiro atoms. The average Bonchev–Trinajstić information content (AvgIpc) is 3.37. The fraction of sp³-hybridized carbons (Fsp3) is 0.364. The highest BCUT2D eigenvalue weighted by molar-refractivity contribution is 5.91. The molecule has 2 aliphatic rings. The van der Waals surface area contributed by atoms with Gasteiger partial charge in [-0.3, -0.25) is 9.69 Å². The molecular weight excluding hydrogens is 356 g/mol. The van der Waals surface area contributed by atoms with Gasteiger partial charge in [0.1, 0.15) is 12.4 Å². The van der Waals surface area contributed by atoms with E-state index in [2.05, 4.69) is 12.1 Å². The second kappa shape index (κ2) is 8.33. The molecule has 6 heteroatoms. The Balaban J connectivity index is 1.34. The van der Waals surface area contributed by atoms with Crippen molar-refractivity contribution in [2.24, 2.45) is 0 Å². The maximum atomic E-state index is 12.4. The van der Waals surface area contributed by atoms with Crippen molar-refractivity contribution >= 4 is 18.1 Å². The van der Waals surface area contributed by atoms with Crippen LogP contribution >= 0.6 is 0 Å². The van der Waals surface area contributed by atoms with Gasteiger partial charge in [0.15, 0.2) is 0 Å². The van der Waals surface area contributed by atoms with E-state index >= 15 is 0 Å². The van der Waals surface area contributed by atoms with E-state index in [9.17, 15) is 9.59 Å². The van der Waals surface area contributed by atoms with E-state index in [-0.39, 0.29) is 24.1 Å². The summed E-state index contributed by atoms with van der Waals surface area (Å²) in [7, 11) is 0. The predicted octanol–water partition coefficient (Wildman–Crippen LogP) is 3.35. The molecule has 28 heavy (non-hydrogen) atoms. The highest BCUT2D eigenvalue weighted by Crippen LogP contribution is 2.26. The van der Waals surface area contributed by atoms with Crippen LogP contribution in [0.2, 0.25) is 0 Å². The van der Waals surface area contributed by atoms with E-state index in [0.717, 1.165) is 19.3 Å². The minimum Gasteiger partial charge on any atom is -0.465 e. The molecule has 0 bridgehead atoms. The van der Waals surface area contributed by atoms with Gasteiger partial charge >= 0.3 is 6.09 Å². The van der Waals surface area contributed by atoms with E-state index in [1.807, 2.05) is 34.1 Å². The largest absolute Gasteiger partial charge is 0.465 e. The monoisotopic (exact) mass is 380 g/mol. The van der Waals surface area contributed by atoms with Crippen molar-refractivity contribution in [3.63, 3.8) is 0 Å². The number of likely N-dealkylation sites (tertiary alicyclic amines) is 1. The van der Waals surface area contributed by atoms with Gasteiger partial charge in [0.2, 0.25) is 5.91 Å². The van der Waals surface area contributed by atoms with Gasteiger partial charge in [-0.15, -0.1) is 0 Å². The lowest BCUT2D eigenvalue weighted by atomic mass is 9.99. The lowest BCUT2D eigenvalue weighted by Crippen LogP contribution is -2.50. The standard InChI is InChI=1S/C22H24N2O4/c25-21(9-8-20-7-4-14-27-20)23-12-10-18(11-13-23)24-19(16-28-22(24)26)15-17-5-2-1-3-6-17/h1-9,14,18-19H,10-13,15-16H2/b9-8+/t19-/m0/s1. The van der Waals surface area contributed by atoms with Gasteiger partial charge in [0.25, 0.3) is 0 Å². The molecule has 1 aromatic carbocycles. The first-order valence-corrected chi connectivity index (χ1v) is 9.70. The first-order valence-electron chi connectivity index (χ1n) is 9.70. The number of piperidine rings is 1. The van der Waals surface area contributed by atoms with Gasteiger partial charge in [-0.25, -0.2) is 4.79 Å². The molecule has 2 aromatic rings. The third kappa shape index (κ3) is 4.11. The number of hydrogen-bond acceptors (Lipinski definition) is 4. The summed E-state index contributed by atoms with van der Waals surface area (Å²) in [4.78, 5) is 28.4. The van der Waals surface area contributed by atoms with Crippen LogP contribution in [-0.4, -0.2) is 53.6 Å². The van der Waals surface area contributed by atoms with Crippen LogP contribution in [0.5, 0.6) is 0 Å². The molecule has 4 rings (SSSR count). The summed E-state index contributed by atoms with van der Waals surface area (Å²) in [5.41, 5.74) is 1.20. The minimum absolute atomic E-state index is 0.0281. The zero-order valence-corrected chi connectivity index (χ0v) is 15.7. The quantitative estimate of drug-likeness (QED) is 0.747. The third-order valence-corrected chi connectivity index (χ3v) is 5.42. The smallest absolute Gasteiger partial charge is 0.410 e. The number of nitrogens with zero attached hydrogens (tertiary/aromatic N) is 2. The van der Waals surface area contributed by atoms with Gasteiger partial charge in [-0.2, -0.15) is 0 Å². The van der Waals surface area contributed by atoms with Gasteiger partial charge in [-0.05, 0) is 43.0 Å². The summed E-state index contributed by atoms with van der Waals surface area (Å²) in [6.45, 7) is 1.69. The van der Waals surface area contributed by atoms with Crippen molar-refractivity contribution in [1.82, 2.24) is 9.80 Å². The second-order valence-corrected chi connectivity index (χ2v) is 7.23. The number of ether oxygens (including phenoxy) is 1. The molecule has 1 aromatic heterocycles. The van der Waals surface area contributed by atoms with Crippen LogP contribution in [0, 0.1) is 0 Å². The van der Waals surface area contributed by atoms with Crippen LogP contribution < -0.4 is 0 Å². The fourth-order valence-electron chi connectivity index (χ4n) is 3.97. The van der Waals surface area contributed by atoms with Gasteiger partial charge < -0.3 is 14.1 Å². The van der Waals surface area contributed by atoms with Crippen LogP contribution in [0.4, 0.5) is 4.79 Å². The molecule has 2 saturated heterocycles. The predicted molar refractivity (Wildman–Crippen MR) is 104 cm³/mol. The average molecular weight is 380 g/mol. The van der Waals surface area contributed by atoms with Crippen molar-refractivity contribution in [1.29, 1.82) is 0 Å². The number of benzene rings is 1. The zero-order valence-electron chi connectivity index (χ0n) is 15.7. The summed E-state index contributed by atoms with van der Waals surface area (Å²) < 4.78 is 10.6. The molecule has 3 heterocycles. The van der Waals surface area contributed by atoms with E-state index in [4.69, 9.17) is 9.15 Å². The summed E-state index contributed by atoms with van der Waals surface area (Å²) in [6.07, 6.45) is 6.89. The van der Waals surface area contributed by atoms with Crippen LogP contribution in [0.3, 0.4) is 0 Å². The minimum atomic E-state index is -0.233. The first-order chi connectivity index (χ1) is 13.7. The third-order valence-electron chi connectivity index (χ3n) is 5.42. The lowest BCUT2D eigenvalue weighted by Gasteiger charge is -2.37. The molecule has 0 N–H and O–H groups in total. The van der Waals surface area contributed by atoms with Crippen molar-refractivity contribution in [3.05, 3.63) is 66.1 Å². The van der Waals surface area contributed by atoms with E-state index < -0.39 is 0 Å². The Labute approximate surface area is 164 Å². The van der Waals surface area contributed by atoms with Crippen molar-refractivity contribution < 1.29 is 18.7 Å². The number of amides is 2. The van der Waals surface area contributed by atoms with E-state index in [0.29, 0.717) is 25.5 Å². The Morgan fingerprint density at radius 1 is 1.11 bits per heavy atom. The van der Waals surface area contributed by atoms with Crippen molar-refractivity contribution in [2.75, 3.05) is 19.7 Å². The molecular formula is C22H24N2O4. The normalized spacial score (nSPS) is 20.7. The Morgan fingerprint density at radius 3 is 2.61 bits per heavy atom. The van der Waals surface area contributed by atoms with Crippen LogP contribution in [-0.2, 0) is 16.0 Å². The number of hydrogen-bond donors (Lipinski definition) is 0. The van der Waals surface area contributed by atoms with E-state index in [1.165, 1.54) is 5.56 Å². The topological polar surface area (TPSA) is 63.0 Å². The van der Waals surface area contributed by atoms with Crippen molar-refractivity contribution in [2.45, 2.75) is 31.3 Å². The lowest BCUT2D eigenvalue weighted by molar-refractivity contribution is -0.127. The maximum absolute atomic E-state index is 12.4. The Hall–Kier alpha value is -3.02. The summed E-state index contributed by atoms with van der Waals surface area (Å²) >= 11 is 0. The van der Waals surface area contributed by atoms with Crippen LogP contribution in [0.15, 0.2) is 59.2 Å².